The van der Waals surface area contributed by atoms with E-state index in [9.17, 15) is 10.4 Å². The number of aliphatic hydroxyl groups is 1. The first-order chi connectivity index (χ1) is 16.9. The van der Waals surface area contributed by atoms with Gasteiger partial charge in [0.05, 0.1) is 11.6 Å². The normalized spacial score (nSPS) is 16.4. The second kappa shape index (κ2) is 11.9. The van der Waals surface area contributed by atoms with Crippen molar-refractivity contribution >= 4 is 28.9 Å². The Labute approximate surface area is 217 Å². The lowest BCUT2D eigenvalue weighted by Crippen LogP contribution is -2.41. The number of hydrogen-bond donors (Lipinski definition) is 3. The molecule has 7 heteroatoms. The van der Waals surface area contributed by atoms with Crippen LogP contribution in [0.1, 0.15) is 29.9 Å². The number of hydrogen-bond acceptors (Lipinski definition) is 5. The van der Waals surface area contributed by atoms with Gasteiger partial charge in [-0.15, -0.1) is 0 Å². The molecule has 1 aliphatic heterocycles. The van der Waals surface area contributed by atoms with Crippen molar-refractivity contribution < 1.29 is 5.11 Å². The zero-order chi connectivity index (χ0) is 24.8. The highest BCUT2D eigenvalue weighted by molar-refractivity contribution is 6.35. The van der Waals surface area contributed by atoms with Crippen LogP contribution in [0.3, 0.4) is 0 Å². The zero-order valence-corrected chi connectivity index (χ0v) is 21.2. The Bertz CT molecular complexity index is 1150. The smallest absolute Gasteiger partial charge is 0.181 e. The summed E-state index contributed by atoms with van der Waals surface area (Å²) in [6, 6.07) is 23.6. The highest BCUT2D eigenvalue weighted by Crippen LogP contribution is 2.33. The van der Waals surface area contributed by atoms with Crippen molar-refractivity contribution in [1.29, 1.82) is 5.26 Å². The van der Waals surface area contributed by atoms with Gasteiger partial charge in [-0.3, -0.25) is 5.32 Å². The quantitative estimate of drug-likeness (QED) is 0.328. The molecule has 1 heterocycles. The van der Waals surface area contributed by atoms with Crippen LogP contribution in [0.2, 0.25) is 10.0 Å². The maximum atomic E-state index is 10.6. The summed E-state index contributed by atoms with van der Waals surface area (Å²) in [5, 5.41) is 27.1. The maximum absolute atomic E-state index is 10.6. The van der Waals surface area contributed by atoms with Crippen molar-refractivity contribution in [3.63, 3.8) is 0 Å². The van der Waals surface area contributed by atoms with Crippen LogP contribution in [-0.4, -0.2) is 43.0 Å². The van der Waals surface area contributed by atoms with E-state index in [1.54, 1.807) is 18.2 Å². The van der Waals surface area contributed by atoms with E-state index in [0.29, 0.717) is 33.8 Å². The van der Waals surface area contributed by atoms with Crippen LogP contribution in [0.15, 0.2) is 66.7 Å². The van der Waals surface area contributed by atoms with Crippen LogP contribution in [-0.2, 0) is 0 Å². The van der Waals surface area contributed by atoms with E-state index in [0.717, 1.165) is 37.1 Å². The first-order valence-electron chi connectivity index (χ1n) is 11.8. The third-order valence-corrected chi connectivity index (χ3v) is 7.13. The number of nitrogens with one attached hydrogen (secondary N) is 2. The third-order valence-electron chi connectivity index (χ3n) is 6.69. The van der Waals surface area contributed by atoms with Crippen LogP contribution < -0.4 is 10.6 Å². The molecule has 5 nitrogen and oxygen atoms in total. The number of anilines is 1. The predicted molar refractivity (Wildman–Crippen MR) is 144 cm³/mol. The fourth-order valence-corrected chi connectivity index (χ4v) is 5.29. The molecular formula is C28H30Cl2N4O. The standard InChI is InChI=1S/C28H30Cl2N4O/c1-34-11-9-22(10-12-34)27(18-32-28(35)33-26-15-24(29)14-25(30)16-26)21-7-5-20(6-8-21)23-4-2-3-19(13-23)17-31/h2-8,13-16,22,27-28,32-33,35H,9-12,18H2,1H3. The van der Waals surface area contributed by atoms with Gasteiger partial charge in [0.15, 0.2) is 6.35 Å². The van der Waals surface area contributed by atoms with Crippen molar-refractivity contribution in [1.82, 2.24) is 10.2 Å². The van der Waals surface area contributed by atoms with E-state index in [2.05, 4.69) is 52.9 Å². The molecule has 1 saturated heterocycles. The summed E-state index contributed by atoms with van der Waals surface area (Å²) in [6.07, 6.45) is 1.29. The number of nitrogens with zero attached hydrogens (tertiary/aromatic N) is 2. The van der Waals surface area contributed by atoms with Gasteiger partial charge in [-0.2, -0.15) is 5.26 Å². The number of rotatable bonds is 8. The predicted octanol–water partition coefficient (Wildman–Crippen LogP) is 5.94. The molecule has 1 aliphatic rings. The number of halogens is 2. The van der Waals surface area contributed by atoms with Crippen molar-refractivity contribution in [3.8, 4) is 17.2 Å². The lowest BCUT2D eigenvalue weighted by atomic mass is 9.79. The number of piperidine rings is 1. The van der Waals surface area contributed by atoms with Gasteiger partial charge >= 0.3 is 0 Å². The van der Waals surface area contributed by atoms with Crippen LogP contribution in [0, 0.1) is 17.2 Å². The van der Waals surface area contributed by atoms with Crippen LogP contribution in [0.5, 0.6) is 0 Å². The number of nitriles is 1. The molecule has 1 fully saturated rings. The van der Waals surface area contributed by atoms with Crippen LogP contribution in [0.4, 0.5) is 5.69 Å². The Kier molecular flexibility index (Phi) is 8.67. The fraction of sp³-hybridized carbons (Fsp3) is 0.321. The molecule has 35 heavy (non-hydrogen) atoms. The molecule has 3 aromatic carbocycles. The van der Waals surface area contributed by atoms with Crippen LogP contribution in [0.25, 0.3) is 11.1 Å². The molecule has 0 amide bonds. The molecule has 3 N–H and O–H groups in total. The van der Waals surface area contributed by atoms with Crippen molar-refractivity contribution in [2.75, 3.05) is 32.0 Å². The number of benzene rings is 3. The summed E-state index contributed by atoms with van der Waals surface area (Å²) in [6.45, 7) is 2.77. The van der Waals surface area contributed by atoms with E-state index in [4.69, 9.17) is 23.2 Å². The Hall–Kier alpha value is -2.59. The summed E-state index contributed by atoms with van der Waals surface area (Å²) in [5.74, 6) is 0.766. The van der Waals surface area contributed by atoms with Gasteiger partial charge in [0.25, 0.3) is 0 Å². The minimum atomic E-state index is -0.939. The summed E-state index contributed by atoms with van der Waals surface area (Å²) in [5.41, 5.74) is 4.67. The zero-order valence-electron chi connectivity index (χ0n) is 19.7. The number of aliphatic hydroxyl groups excluding tert-OH is 1. The molecule has 3 aromatic rings. The minimum Gasteiger partial charge on any atom is -0.361 e. The average molecular weight is 509 g/mol. The maximum Gasteiger partial charge on any atom is 0.181 e. The Balaban J connectivity index is 1.48. The van der Waals surface area contributed by atoms with Gasteiger partial charge in [-0.05, 0) is 91.8 Å². The molecule has 4 rings (SSSR count). The van der Waals surface area contributed by atoms with Crippen LogP contribution >= 0.6 is 23.2 Å². The first-order valence-corrected chi connectivity index (χ1v) is 12.6. The monoisotopic (exact) mass is 508 g/mol. The summed E-state index contributed by atoms with van der Waals surface area (Å²) < 4.78 is 0. The Morgan fingerprint density at radius 3 is 2.34 bits per heavy atom. The minimum absolute atomic E-state index is 0.252. The lowest BCUT2D eigenvalue weighted by molar-refractivity contribution is 0.147. The average Bonchev–Trinajstić information content (AvgIpc) is 2.85. The first kappa shape index (κ1) is 25.5. The molecule has 0 spiro atoms. The molecule has 0 bridgehead atoms. The van der Waals surface area contributed by atoms with Gasteiger partial charge in [0.1, 0.15) is 0 Å². The molecule has 0 radical (unpaired) electrons. The van der Waals surface area contributed by atoms with Gasteiger partial charge in [0.2, 0.25) is 0 Å². The van der Waals surface area contributed by atoms with Crippen molar-refractivity contribution in [3.05, 3.63) is 87.9 Å². The third kappa shape index (κ3) is 6.98. The molecule has 182 valence electrons. The van der Waals surface area contributed by atoms with E-state index in [1.165, 1.54) is 5.56 Å². The highest BCUT2D eigenvalue weighted by atomic mass is 35.5. The van der Waals surface area contributed by atoms with Gasteiger partial charge in [0, 0.05) is 22.3 Å². The van der Waals surface area contributed by atoms with E-state index in [1.807, 2.05) is 24.3 Å². The fourth-order valence-electron chi connectivity index (χ4n) is 4.76. The second-order valence-electron chi connectivity index (χ2n) is 9.18. The van der Waals surface area contributed by atoms with Crippen molar-refractivity contribution in [2.24, 2.45) is 5.92 Å². The molecule has 0 aromatic heterocycles. The highest BCUT2D eigenvalue weighted by Gasteiger charge is 2.27. The lowest BCUT2D eigenvalue weighted by Gasteiger charge is -2.35. The summed E-state index contributed by atoms with van der Waals surface area (Å²) >= 11 is 12.2. The molecular weight excluding hydrogens is 479 g/mol. The van der Waals surface area contributed by atoms with E-state index < -0.39 is 6.35 Å². The molecule has 0 saturated carbocycles. The SMILES string of the molecule is CN1CCC(C(CNC(O)Nc2cc(Cl)cc(Cl)c2)c2ccc(-c3cccc(C#N)c3)cc2)CC1. The molecule has 2 atom stereocenters. The van der Waals surface area contributed by atoms with E-state index in [-0.39, 0.29) is 5.92 Å². The Morgan fingerprint density at radius 1 is 1.00 bits per heavy atom. The summed E-state index contributed by atoms with van der Waals surface area (Å²) in [4.78, 5) is 2.37. The van der Waals surface area contributed by atoms with Gasteiger partial charge in [-0.25, -0.2) is 0 Å². The molecule has 2 unspecified atom stereocenters. The Morgan fingerprint density at radius 2 is 1.69 bits per heavy atom. The second-order valence-corrected chi connectivity index (χ2v) is 10.0. The van der Waals surface area contributed by atoms with E-state index >= 15 is 0 Å². The molecule has 0 aliphatic carbocycles. The summed E-state index contributed by atoms with van der Waals surface area (Å²) in [7, 11) is 2.16. The van der Waals surface area contributed by atoms with Gasteiger partial charge < -0.3 is 15.3 Å². The van der Waals surface area contributed by atoms with Gasteiger partial charge in [-0.1, -0.05) is 59.6 Å². The number of likely N-dealkylation sites (tertiary alicyclic amines) is 1. The van der Waals surface area contributed by atoms with Crippen molar-refractivity contribution in [2.45, 2.75) is 25.1 Å². The topological polar surface area (TPSA) is 71.3 Å². The largest absolute Gasteiger partial charge is 0.361 e.